The second kappa shape index (κ2) is 3.45. The van der Waals surface area contributed by atoms with Gasteiger partial charge >= 0.3 is 12.1 Å². The number of para-hydroxylation sites is 1. The van der Waals surface area contributed by atoms with Crippen LogP contribution in [0, 0.1) is 0 Å². The maximum atomic E-state index is 11.3. The third-order valence-electron chi connectivity index (χ3n) is 1.94. The number of nitrogens with one attached hydrogen (secondary N) is 1. The van der Waals surface area contributed by atoms with E-state index in [4.69, 9.17) is 5.73 Å². The van der Waals surface area contributed by atoms with E-state index in [1.165, 1.54) is 0 Å². The molecule has 0 spiro atoms. The number of primary amides is 1. The maximum Gasteiger partial charge on any atom is 0.412 e. The minimum Gasteiger partial charge on any atom is -0.372 e. The molecule has 0 aliphatic rings. The Bertz CT molecular complexity index is 497. The van der Waals surface area contributed by atoms with Crippen LogP contribution >= 0.6 is 0 Å². The lowest BCUT2D eigenvalue weighted by atomic mass is 10.2. The number of amides is 1. The summed E-state index contributed by atoms with van der Waals surface area (Å²) in [6, 6.07) is 8.94. The first-order valence-corrected chi connectivity index (χ1v) is 4.26. The third-order valence-corrected chi connectivity index (χ3v) is 1.94. The molecule has 0 radical (unpaired) electrons. The summed E-state index contributed by atoms with van der Waals surface area (Å²) >= 11 is 0. The molecule has 0 saturated heterocycles. The normalized spacial score (nSPS) is 10.1. The van der Waals surface area contributed by atoms with E-state index < -0.39 is 12.1 Å². The number of carbonyl (C=O) groups is 2. The number of ether oxygens (including phenoxy) is 1. The van der Waals surface area contributed by atoms with Crippen molar-refractivity contribution in [3.8, 4) is 0 Å². The maximum absolute atomic E-state index is 11.3. The average molecular weight is 204 g/mol. The van der Waals surface area contributed by atoms with Crippen LogP contribution in [0.15, 0.2) is 30.3 Å². The van der Waals surface area contributed by atoms with Gasteiger partial charge in [-0.05, 0) is 12.1 Å². The van der Waals surface area contributed by atoms with Crippen molar-refractivity contribution in [2.24, 2.45) is 5.73 Å². The van der Waals surface area contributed by atoms with Crippen LogP contribution < -0.4 is 5.73 Å². The van der Waals surface area contributed by atoms with E-state index >= 15 is 0 Å². The molecule has 5 heteroatoms. The van der Waals surface area contributed by atoms with Gasteiger partial charge in [0.15, 0.2) is 0 Å². The Morgan fingerprint density at radius 1 is 1.27 bits per heavy atom. The molecule has 0 atom stereocenters. The smallest absolute Gasteiger partial charge is 0.372 e. The highest BCUT2D eigenvalue weighted by atomic mass is 16.6. The van der Waals surface area contributed by atoms with Crippen molar-refractivity contribution in [1.82, 2.24) is 4.98 Å². The van der Waals surface area contributed by atoms with E-state index in [1.54, 1.807) is 6.07 Å². The fraction of sp³-hybridized carbons (Fsp3) is 0. The topological polar surface area (TPSA) is 85.2 Å². The van der Waals surface area contributed by atoms with Gasteiger partial charge in [0.2, 0.25) is 0 Å². The molecule has 76 valence electrons. The van der Waals surface area contributed by atoms with E-state index in [0.29, 0.717) is 0 Å². The number of hydrogen-bond donors (Lipinski definition) is 2. The van der Waals surface area contributed by atoms with E-state index in [-0.39, 0.29) is 5.69 Å². The summed E-state index contributed by atoms with van der Waals surface area (Å²) in [6.45, 7) is 0. The molecule has 1 amide bonds. The van der Waals surface area contributed by atoms with E-state index in [0.717, 1.165) is 10.9 Å². The highest BCUT2D eigenvalue weighted by Crippen LogP contribution is 2.14. The molecule has 15 heavy (non-hydrogen) atoms. The lowest BCUT2D eigenvalue weighted by Gasteiger charge is -1.94. The Kier molecular flexibility index (Phi) is 2.13. The van der Waals surface area contributed by atoms with Crippen LogP contribution in [0.1, 0.15) is 10.5 Å². The van der Waals surface area contributed by atoms with Gasteiger partial charge in [-0.15, -0.1) is 0 Å². The zero-order valence-corrected chi connectivity index (χ0v) is 7.69. The fourth-order valence-corrected chi connectivity index (χ4v) is 1.33. The fourth-order valence-electron chi connectivity index (χ4n) is 1.33. The van der Waals surface area contributed by atoms with Crippen molar-refractivity contribution in [1.29, 1.82) is 0 Å². The van der Waals surface area contributed by atoms with E-state index in [9.17, 15) is 9.59 Å². The monoisotopic (exact) mass is 204 g/mol. The highest BCUT2D eigenvalue weighted by molar-refractivity contribution is 5.98. The number of aromatic nitrogens is 1. The molecule has 1 aromatic carbocycles. The standard InChI is InChI=1S/C10H8N2O3/c11-10(14)15-9(13)8-5-6-3-1-2-4-7(6)12-8/h1-5,12H,(H2,11,14). The third kappa shape index (κ3) is 1.80. The molecule has 0 bridgehead atoms. The zero-order valence-electron chi connectivity index (χ0n) is 7.69. The van der Waals surface area contributed by atoms with Crippen LogP contribution in [-0.4, -0.2) is 17.0 Å². The summed E-state index contributed by atoms with van der Waals surface area (Å²) in [6.07, 6.45) is -1.11. The van der Waals surface area contributed by atoms with Gasteiger partial charge in [-0.3, -0.25) is 0 Å². The Hall–Kier alpha value is -2.30. The second-order valence-electron chi connectivity index (χ2n) is 2.98. The van der Waals surface area contributed by atoms with Crippen molar-refractivity contribution in [3.63, 3.8) is 0 Å². The summed E-state index contributed by atoms with van der Waals surface area (Å²) in [5.41, 5.74) is 5.73. The predicted molar refractivity (Wildman–Crippen MR) is 53.3 cm³/mol. The summed E-state index contributed by atoms with van der Waals surface area (Å²) < 4.78 is 4.23. The molecule has 0 unspecified atom stereocenters. The number of H-pyrrole nitrogens is 1. The quantitative estimate of drug-likeness (QED) is 0.543. The van der Waals surface area contributed by atoms with Crippen LogP contribution in [0.25, 0.3) is 10.9 Å². The summed E-state index contributed by atoms with van der Waals surface area (Å²) in [5, 5.41) is 0.869. The predicted octanol–water partition coefficient (Wildman–Crippen LogP) is 1.40. The average Bonchev–Trinajstić information content (AvgIpc) is 2.59. The second-order valence-corrected chi connectivity index (χ2v) is 2.98. The molecular formula is C10H8N2O3. The van der Waals surface area contributed by atoms with Crippen LogP contribution in [0.2, 0.25) is 0 Å². The van der Waals surface area contributed by atoms with Crippen molar-refractivity contribution in [2.45, 2.75) is 0 Å². The summed E-state index contributed by atoms with van der Waals surface area (Å²) in [5.74, 6) is -0.779. The molecule has 5 nitrogen and oxygen atoms in total. The minimum absolute atomic E-state index is 0.204. The number of fused-ring (bicyclic) bond motifs is 1. The Labute approximate surface area is 84.8 Å². The molecule has 0 saturated carbocycles. The Morgan fingerprint density at radius 2 is 2.00 bits per heavy atom. The number of esters is 1. The van der Waals surface area contributed by atoms with Crippen LogP contribution in [0.3, 0.4) is 0 Å². The van der Waals surface area contributed by atoms with Crippen molar-refractivity contribution < 1.29 is 14.3 Å². The molecule has 0 aliphatic carbocycles. The SMILES string of the molecule is NC(=O)OC(=O)c1cc2ccccc2[nH]1. The lowest BCUT2D eigenvalue weighted by molar-refractivity contribution is 0.0633. The lowest BCUT2D eigenvalue weighted by Crippen LogP contribution is -2.18. The molecule has 2 aromatic rings. The molecule has 2 rings (SSSR count). The Balaban J connectivity index is 2.36. The highest BCUT2D eigenvalue weighted by Gasteiger charge is 2.12. The first-order chi connectivity index (χ1) is 7.16. The zero-order chi connectivity index (χ0) is 10.8. The van der Waals surface area contributed by atoms with Crippen LogP contribution in [-0.2, 0) is 4.74 Å². The first kappa shape index (κ1) is 9.26. The molecule has 0 aliphatic heterocycles. The minimum atomic E-state index is -1.11. The number of carbonyl (C=O) groups excluding carboxylic acids is 2. The number of nitrogens with two attached hydrogens (primary N) is 1. The number of hydrogen-bond acceptors (Lipinski definition) is 3. The summed E-state index contributed by atoms with van der Waals surface area (Å²) in [4.78, 5) is 24.5. The van der Waals surface area contributed by atoms with Gasteiger partial charge in [-0.1, -0.05) is 18.2 Å². The molecule has 1 aromatic heterocycles. The molecule has 1 heterocycles. The first-order valence-electron chi connectivity index (χ1n) is 4.26. The van der Waals surface area contributed by atoms with Gasteiger partial charge in [0.1, 0.15) is 5.69 Å². The van der Waals surface area contributed by atoms with E-state index in [1.807, 2.05) is 24.3 Å². The number of aromatic amines is 1. The van der Waals surface area contributed by atoms with Crippen molar-refractivity contribution in [3.05, 3.63) is 36.0 Å². The number of benzene rings is 1. The van der Waals surface area contributed by atoms with Gasteiger partial charge in [-0.2, -0.15) is 0 Å². The van der Waals surface area contributed by atoms with Crippen LogP contribution in [0.5, 0.6) is 0 Å². The van der Waals surface area contributed by atoms with Gasteiger partial charge in [-0.25, -0.2) is 9.59 Å². The molecular weight excluding hydrogens is 196 g/mol. The van der Waals surface area contributed by atoms with Gasteiger partial charge in [0.25, 0.3) is 0 Å². The molecule has 0 fully saturated rings. The molecule has 3 N–H and O–H groups in total. The van der Waals surface area contributed by atoms with Gasteiger partial charge in [0.05, 0.1) is 0 Å². The van der Waals surface area contributed by atoms with Gasteiger partial charge < -0.3 is 15.5 Å². The van der Waals surface area contributed by atoms with E-state index in [2.05, 4.69) is 9.72 Å². The Morgan fingerprint density at radius 3 is 2.67 bits per heavy atom. The summed E-state index contributed by atoms with van der Waals surface area (Å²) in [7, 11) is 0. The number of rotatable bonds is 1. The van der Waals surface area contributed by atoms with Crippen molar-refractivity contribution in [2.75, 3.05) is 0 Å². The van der Waals surface area contributed by atoms with Gasteiger partial charge in [0, 0.05) is 10.9 Å². The largest absolute Gasteiger partial charge is 0.412 e. The van der Waals surface area contributed by atoms with Crippen molar-refractivity contribution >= 4 is 23.0 Å². The van der Waals surface area contributed by atoms with Crippen LogP contribution in [0.4, 0.5) is 4.79 Å².